The SMILES string of the molecule is O=C1/C(=C/c2ccc3c(c2)OCCO3)CC/C1=C\c1ccc2c(c1)OCCO2. The molecule has 142 valence electrons. The van der Waals surface area contributed by atoms with Gasteiger partial charge < -0.3 is 18.9 Å². The zero-order chi connectivity index (χ0) is 18.9. The molecule has 0 saturated heterocycles. The predicted octanol–water partition coefficient (Wildman–Crippen LogP) is 4.06. The summed E-state index contributed by atoms with van der Waals surface area (Å²) in [5, 5.41) is 0. The lowest BCUT2D eigenvalue weighted by Crippen LogP contribution is -2.15. The van der Waals surface area contributed by atoms with Crippen molar-refractivity contribution in [3.05, 3.63) is 58.7 Å². The van der Waals surface area contributed by atoms with Gasteiger partial charge in [-0.15, -0.1) is 0 Å². The molecule has 2 aliphatic heterocycles. The van der Waals surface area contributed by atoms with Crippen LogP contribution in [0.1, 0.15) is 24.0 Å². The molecule has 0 amide bonds. The minimum atomic E-state index is 0.102. The quantitative estimate of drug-likeness (QED) is 0.740. The molecule has 2 aromatic rings. The Labute approximate surface area is 163 Å². The molecule has 2 aromatic carbocycles. The Bertz CT molecular complexity index is 923. The molecule has 5 heteroatoms. The van der Waals surface area contributed by atoms with Crippen LogP contribution in [0.4, 0.5) is 0 Å². The van der Waals surface area contributed by atoms with Gasteiger partial charge in [0.1, 0.15) is 26.4 Å². The van der Waals surface area contributed by atoms with Crippen LogP contribution in [0.2, 0.25) is 0 Å². The van der Waals surface area contributed by atoms with Crippen LogP contribution in [-0.4, -0.2) is 32.2 Å². The number of ketones is 1. The third-order valence-electron chi connectivity index (χ3n) is 5.06. The average molecular weight is 376 g/mol. The Morgan fingerprint density at radius 3 is 1.50 bits per heavy atom. The number of allylic oxidation sites excluding steroid dienone is 2. The van der Waals surface area contributed by atoms with Crippen LogP contribution in [0, 0.1) is 0 Å². The molecule has 0 unspecified atom stereocenters. The topological polar surface area (TPSA) is 54.0 Å². The largest absolute Gasteiger partial charge is 0.486 e. The molecule has 0 atom stereocenters. The molecule has 5 nitrogen and oxygen atoms in total. The summed E-state index contributed by atoms with van der Waals surface area (Å²) in [5.74, 6) is 3.08. The predicted molar refractivity (Wildman–Crippen MR) is 105 cm³/mol. The lowest BCUT2D eigenvalue weighted by Gasteiger charge is -2.18. The first-order chi connectivity index (χ1) is 13.8. The number of benzene rings is 2. The van der Waals surface area contributed by atoms with Crippen molar-refractivity contribution < 1.29 is 23.7 Å². The van der Waals surface area contributed by atoms with E-state index in [9.17, 15) is 4.79 Å². The van der Waals surface area contributed by atoms with E-state index in [2.05, 4.69) is 0 Å². The van der Waals surface area contributed by atoms with Crippen molar-refractivity contribution >= 4 is 17.9 Å². The van der Waals surface area contributed by atoms with E-state index in [0.29, 0.717) is 26.4 Å². The van der Waals surface area contributed by atoms with Crippen molar-refractivity contribution in [3.63, 3.8) is 0 Å². The highest BCUT2D eigenvalue weighted by Crippen LogP contribution is 2.35. The Morgan fingerprint density at radius 2 is 1.04 bits per heavy atom. The highest BCUT2D eigenvalue weighted by atomic mass is 16.6. The average Bonchev–Trinajstić information content (AvgIpc) is 3.07. The Morgan fingerprint density at radius 1 is 0.607 bits per heavy atom. The van der Waals surface area contributed by atoms with Crippen molar-refractivity contribution in [2.45, 2.75) is 12.8 Å². The minimum Gasteiger partial charge on any atom is -0.486 e. The van der Waals surface area contributed by atoms with Gasteiger partial charge in [0, 0.05) is 11.1 Å². The summed E-state index contributed by atoms with van der Waals surface area (Å²) in [6, 6.07) is 11.6. The maximum absolute atomic E-state index is 12.8. The first kappa shape index (κ1) is 16.9. The second-order valence-corrected chi connectivity index (χ2v) is 6.97. The highest BCUT2D eigenvalue weighted by molar-refractivity contribution is 6.15. The van der Waals surface area contributed by atoms with Crippen LogP contribution in [0.25, 0.3) is 12.2 Å². The van der Waals surface area contributed by atoms with Crippen LogP contribution >= 0.6 is 0 Å². The van der Waals surface area contributed by atoms with E-state index in [1.807, 2.05) is 48.6 Å². The van der Waals surface area contributed by atoms with Gasteiger partial charge in [0.25, 0.3) is 0 Å². The summed E-state index contributed by atoms with van der Waals surface area (Å²) < 4.78 is 22.4. The van der Waals surface area contributed by atoms with E-state index in [0.717, 1.165) is 58.1 Å². The first-order valence-electron chi connectivity index (χ1n) is 9.51. The van der Waals surface area contributed by atoms with Gasteiger partial charge in [-0.05, 0) is 60.4 Å². The Kier molecular flexibility index (Phi) is 4.28. The zero-order valence-corrected chi connectivity index (χ0v) is 15.4. The van der Waals surface area contributed by atoms with E-state index in [-0.39, 0.29) is 5.78 Å². The maximum atomic E-state index is 12.8. The second kappa shape index (κ2) is 7.08. The molecule has 5 rings (SSSR count). The molecule has 28 heavy (non-hydrogen) atoms. The van der Waals surface area contributed by atoms with Crippen LogP contribution in [-0.2, 0) is 4.79 Å². The summed E-state index contributed by atoms with van der Waals surface area (Å²) in [4.78, 5) is 12.8. The maximum Gasteiger partial charge on any atom is 0.185 e. The summed E-state index contributed by atoms with van der Waals surface area (Å²) in [6.45, 7) is 2.24. The summed E-state index contributed by atoms with van der Waals surface area (Å²) in [6.07, 6.45) is 5.38. The lowest BCUT2D eigenvalue weighted by molar-refractivity contribution is -0.111. The van der Waals surface area contributed by atoms with Crippen molar-refractivity contribution in [2.24, 2.45) is 0 Å². The molecule has 3 aliphatic rings. The highest BCUT2D eigenvalue weighted by Gasteiger charge is 2.23. The lowest BCUT2D eigenvalue weighted by atomic mass is 10.1. The summed E-state index contributed by atoms with van der Waals surface area (Å²) in [7, 11) is 0. The molecule has 1 saturated carbocycles. The molecule has 2 heterocycles. The Balaban J connectivity index is 1.38. The monoisotopic (exact) mass is 376 g/mol. The van der Waals surface area contributed by atoms with E-state index in [1.54, 1.807) is 0 Å². The van der Waals surface area contributed by atoms with Crippen LogP contribution in [0.5, 0.6) is 23.0 Å². The van der Waals surface area contributed by atoms with Crippen molar-refractivity contribution in [3.8, 4) is 23.0 Å². The van der Waals surface area contributed by atoms with Crippen molar-refractivity contribution in [2.75, 3.05) is 26.4 Å². The van der Waals surface area contributed by atoms with Gasteiger partial charge in [0.05, 0.1) is 0 Å². The molecule has 1 fully saturated rings. The molecule has 0 radical (unpaired) electrons. The molecule has 1 aliphatic carbocycles. The minimum absolute atomic E-state index is 0.102. The van der Waals surface area contributed by atoms with Gasteiger partial charge in [-0.3, -0.25) is 4.79 Å². The van der Waals surface area contributed by atoms with Crippen LogP contribution in [0.15, 0.2) is 47.5 Å². The number of carbonyl (C=O) groups excluding carboxylic acids is 1. The third kappa shape index (κ3) is 3.24. The number of hydrogen-bond donors (Lipinski definition) is 0. The fourth-order valence-electron chi connectivity index (χ4n) is 3.68. The number of rotatable bonds is 2. The van der Waals surface area contributed by atoms with Gasteiger partial charge >= 0.3 is 0 Å². The number of ether oxygens (including phenoxy) is 4. The van der Waals surface area contributed by atoms with Crippen LogP contribution < -0.4 is 18.9 Å². The molecule has 0 spiro atoms. The zero-order valence-electron chi connectivity index (χ0n) is 15.4. The molecule has 0 aromatic heterocycles. The van der Waals surface area contributed by atoms with Gasteiger partial charge in [-0.1, -0.05) is 12.1 Å². The summed E-state index contributed by atoms with van der Waals surface area (Å²) >= 11 is 0. The fourth-order valence-corrected chi connectivity index (χ4v) is 3.68. The summed E-state index contributed by atoms with van der Waals surface area (Å²) in [5.41, 5.74) is 3.54. The standard InChI is InChI=1S/C23H20O5/c24-23-17(11-15-1-5-19-21(13-15)27-9-7-25-19)3-4-18(23)12-16-2-6-20-22(14-16)28-10-8-26-20/h1-2,5-6,11-14H,3-4,7-10H2/b17-11+,18-12+. The number of hydrogen-bond acceptors (Lipinski definition) is 5. The van der Waals surface area contributed by atoms with E-state index in [4.69, 9.17) is 18.9 Å². The Hall–Kier alpha value is -3.21. The number of fused-ring (bicyclic) bond motifs is 2. The fraction of sp³-hybridized carbons (Fsp3) is 0.261. The molecular weight excluding hydrogens is 356 g/mol. The number of Topliss-reactive ketones (excluding diaryl/α,β-unsaturated/α-hetero) is 1. The van der Waals surface area contributed by atoms with Crippen molar-refractivity contribution in [1.29, 1.82) is 0 Å². The van der Waals surface area contributed by atoms with Gasteiger partial charge in [-0.2, -0.15) is 0 Å². The van der Waals surface area contributed by atoms with Crippen LogP contribution in [0.3, 0.4) is 0 Å². The molecule has 0 N–H and O–H groups in total. The molecular formula is C23H20O5. The molecule has 0 bridgehead atoms. The van der Waals surface area contributed by atoms with Crippen molar-refractivity contribution in [1.82, 2.24) is 0 Å². The smallest absolute Gasteiger partial charge is 0.185 e. The van der Waals surface area contributed by atoms with Gasteiger partial charge in [0.2, 0.25) is 0 Å². The van der Waals surface area contributed by atoms with Gasteiger partial charge in [0.15, 0.2) is 28.8 Å². The van der Waals surface area contributed by atoms with Gasteiger partial charge in [-0.25, -0.2) is 0 Å². The third-order valence-corrected chi connectivity index (χ3v) is 5.06. The van der Waals surface area contributed by atoms with E-state index >= 15 is 0 Å². The van der Waals surface area contributed by atoms with E-state index < -0.39 is 0 Å². The number of carbonyl (C=O) groups is 1. The van der Waals surface area contributed by atoms with E-state index in [1.165, 1.54) is 0 Å². The first-order valence-corrected chi connectivity index (χ1v) is 9.51. The second-order valence-electron chi connectivity index (χ2n) is 6.97. The normalized spacial score (nSPS) is 20.6.